The van der Waals surface area contributed by atoms with E-state index in [4.69, 9.17) is 4.74 Å². The average Bonchev–Trinajstić information content (AvgIpc) is 3.06. The molecular formula is C25H30FNO2. The van der Waals surface area contributed by atoms with Gasteiger partial charge in [0.2, 0.25) is 0 Å². The van der Waals surface area contributed by atoms with E-state index in [1.165, 1.54) is 29.6 Å². The van der Waals surface area contributed by atoms with Gasteiger partial charge in [0, 0.05) is 18.8 Å². The summed E-state index contributed by atoms with van der Waals surface area (Å²) in [5, 5.41) is 0. The topological polar surface area (TPSA) is 39.2 Å². The van der Waals surface area contributed by atoms with Crippen molar-refractivity contribution in [3.05, 3.63) is 47.8 Å². The molecule has 0 spiro atoms. The molecule has 5 rings (SSSR count). The van der Waals surface area contributed by atoms with Gasteiger partial charge in [0.05, 0.1) is 0 Å². The van der Waals surface area contributed by atoms with Crippen molar-refractivity contribution in [3.63, 3.8) is 0 Å². The molecule has 0 amide bonds. The Morgan fingerprint density at radius 3 is 2.72 bits per heavy atom. The molecule has 4 aliphatic carbocycles. The van der Waals surface area contributed by atoms with Crippen LogP contribution in [-0.2, 0) is 4.74 Å². The van der Waals surface area contributed by atoms with Crippen LogP contribution in [0.2, 0.25) is 0 Å². The molecule has 0 bridgehead atoms. The normalized spacial score (nSPS) is 40.8. The zero-order valence-corrected chi connectivity index (χ0v) is 17.4. The monoisotopic (exact) mass is 395 g/mol. The summed E-state index contributed by atoms with van der Waals surface area (Å²) in [5.41, 5.74) is 4.57. The number of carbonyl (C=O) groups excluding carboxylic acids is 1. The van der Waals surface area contributed by atoms with Crippen LogP contribution in [0, 0.1) is 28.6 Å². The number of aromatic nitrogens is 1. The molecular weight excluding hydrogens is 365 g/mol. The molecule has 3 unspecified atom stereocenters. The maximum Gasteiger partial charge on any atom is 0.495 e. The first-order valence-corrected chi connectivity index (χ1v) is 11.1. The fraction of sp³-hybridized carbons (Fsp3) is 0.600. The van der Waals surface area contributed by atoms with E-state index in [9.17, 15) is 9.18 Å². The highest BCUT2D eigenvalue weighted by Crippen LogP contribution is 2.66. The number of pyridine rings is 1. The van der Waals surface area contributed by atoms with E-state index >= 15 is 0 Å². The summed E-state index contributed by atoms with van der Waals surface area (Å²) >= 11 is 0. The largest absolute Gasteiger partial charge is 0.495 e. The van der Waals surface area contributed by atoms with Gasteiger partial charge in [-0.25, -0.2) is 4.79 Å². The van der Waals surface area contributed by atoms with Crippen molar-refractivity contribution < 1.29 is 13.9 Å². The minimum atomic E-state index is -1.64. The highest BCUT2D eigenvalue weighted by molar-refractivity contribution is 5.72. The Balaban J connectivity index is 1.41. The first kappa shape index (κ1) is 19.0. The Morgan fingerprint density at radius 1 is 1.14 bits per heavy atom. The third-order valence-corrected chi connectivity index (χ3v) is 8.87. The number of rotatable bonds is 2. The third kappa shape index (κ3) is 2.90. The summed E-state index contributed by atoms with van der Waals surface area (Å²) in [6.45, 7) is 4.88. The number of ether oxygens (including phenoxy) is 1. The van der Waals surface area contributed by atoms with Crippen LogP contribution < -0.4 is 0 Å². The SMILES string of the molecule is C[C@]12CC[C@H](OC(=O)F)CC1=CCC1C2CC[C@]2(C)C(c3cccnc3)=CCC12. The van der Waals surface area contributed by atoms with Crippen molar-refractivity contribution in [2.45, 2.75) is 64.9 Å². The summed E-state index contributed by atoms with van der Waals surface area (Å²) in [4.78, 5) is 15.1. The zero-order valence-electron chi connectivity index (χ0n) is 17.4. The molecule has 6 atom stereocenters. The second-order valence-corrected chi connectivity index (χ2v) is 10.0. The zero-order chi connectivity index (χ0) is 20.2. The van der Waals surface area contributed by atoms with E-state index in [2.05, 4.69) is 37.0 Å². The van der Waals surface area contributed by atoms with E-state index in [0.717, 1.165) is 25.7 Å². The molecule has 1 aromatic heterocycles. The number of nitrogens with zero attached hydrogens (tertiary/aromatic N) is 1. The van der Waals surface area contributed by atoms with Crippen LogP contribution in [0.25, 0.3) is 5.57 Å². The van der Waals surface area contributed by atoms with Gasteiger partial charge in [-0.1, -0.05) is 37.6 Å². The Hall–Kier alpha value is -1.97. The van der Waals surface area contributed by atoms with Gasteiger partial charge >= 0.3 is 6.22 Å². The van der Waals surface area contributed by atoms with Crippen LogP contribution in [0.1, 0.15) is 64.4 Å². The summed E-state index contributed by atoms with van der Waals surface area (Å²) in [6, 6.07) is 4.24. The molecule has 1 aromatic rings. The van der Waals surface area contributed by atoms with Gasteiger partial charge in [0.25, 0.3) is 0 Å². The van der Waals surface area contributed by atoms with Crippen LogP contribution in [0.5, 0.6) is 0 Å². The first-order valence-electron chi connectivity index (χ1n) is 11.1. The molecule has 0 saturated heterocycles. The molecule has 2 saturated carbocycles. The van der Waals surface area contributed by atoms with Gasteiger partial charge in [0.1, 0.15) is 6.10 Å². The van der Waals surface area contributed by atoms with Crippen LogP contribution >= 0.6 is 0 Å². The van der Waals surface area contributed by atoms with Crippen LogP contribution in [0.4, 0.5) is 9.18 Å². The summed E-state index contributed by atoms with van der Waals surface area (Å²) in [5.74, 6) is 2.03. The predicted octanol–water partition coefficient (Wildman–Crippen LogP) is 6.51. The molecule has 0 N–H and O–H groups in total. The molecule has 0 aliphatic heterocycles. The average molecular weight is 396 g/mol. The Labute approximate surface area is 172 Å². The predicted molar refractivity (Wildman–Crippen MR) is 111 cm³/mol. The van der Waals surface area contributed by atoms with Crippen molar-refractivity contribution in [2.75, 3.05) is 0 Å². The highest BCUT2D eigenvalue weighted by atomic mass is 19.1. The van der Waals surface area contributed by atoms with Gasteiger partial charge in [-0.3, -0.25) is 4.98 Å². The lowest BCUT2D eigenvalue weighted by atomic mass is 9.47. The molecule has 1 heterocycles. The molecule has 154 valence electrons. The number of fused-ring (bicyclic) bond motifs is 5. The van der Waals surface area contributed by atoms with Gasteiger partial charge in [0.15, 0.2) is 0 Å². The Kier molecular flexibility index (Phi) is 4.45. The molecule has 4 heteroatoms. The molecule has 29 heavy (non-hydrogen) atoms. The van der Waals surface area contributed by atoms with E-state index in [1.54, 1.807) is 0 Å². The minimum absolute atomic E-state index is 0.167. The van der Waals surface area contributed by atoms with E-state index in [0.29, 0.717) is 24.2 Å². The number of hydrogen-bond acceptors (Lipinski definition) is 3. The lowest BCUT2D eigenvalue weighted by Crippen LogP contribution is -2.50. The van der Waals surface area contributed by atoms with Crippen LogP contribution in [0.15, 0.2) is 42.3 Å². The van der Waals surface area contributed by atoms with Crippen molar-refractivity contribution in [1.82, 2.24) is 4.98 Å². The highest BCUT2D eigenvalue weighted by Gasteiger charge is 2.57. The number of allylic oxidation sites excluding steroid dienone is 3. The molecule has 2 fully saturated rings. The lowest BCUT2D eigenvalue weighted by molar-refractivity contribution is -0.0283. The Bertz CT molecular complexity index is 878. The van der Waals surface area contributed by atoms with Crippen LogP contribution in [0.3, 0.4) is 0 Å². The standard InChI is InChI=1S/C25H30FNO2/c1-24-11-9-18(29-23(26)28)14-17(24)5-6-19-21-8-7-20(16-4-3-13-27-15-16)25(21,2)12-10-22(19)24/h3-5,7,13,15,18-19,21-22H,6,8-12,14H2,1-2H3/t18-,19?,21?,22?,24-,25+/m0/s1. The second-order valence-electron chi connectivity index (χ2n) is 10.0. The van der Waals surface area contributed by atoms with Crippen molar-refractivity contribution >= 4 is 11.8 Å². The van der Waals surface area contributed by atoms with Gasteiger partial charge in [-0.15, -0.1) is 4.39 Å². The van der Waals surface area contributed by atoms with Crippen LogP contribution in [-0.4, -0.2) is 17.3 Å². The first-order chi connectivity index (χ1) is 13.9. The number of hydrogen-bond donors (Lipinski definition) is 0. The van der Waals surface area contributed by atoms with Gasteiger partial charge < -0.3 is 4.74 Å². The molecule has 0 aromatic carbocycles. The van der Waals surface area contributed by atoms with E-state index < -0.39 is 6.22 Å². The maximum atomic E-state index is 12.7. The van der Waals surface area contributed by atoms with Crippen molar-refractivity contribution in [2.24, 2.45) is 28.6 Å². The van der Waals surface area contributed by atoms with Crippen molar-refractivity contribution in [1.29, 1.82) is 0 Å². The summed E-state index contributed by atoms with van der Waals surface area (Å²) in [6.07, 6.45) is 14.0. The van der Waals surface area contributed by atoms with Crippen molar-refractivity contribution in [3.8, 4) is 0 Å². The fourth-order valence-corrected chi connectivity index (χ4v) is 7.40. The minimum Gasteiger partial charge on any atom is -0.437 e. The third-order valence-electron chi connectivity index (χ3n) is 8.87. The molecule has 0 radical (unpaired) electrons. The molecule has 4 aliphatic rings. The fourth-order valence-electron chi connectivity index (χ4n) is 7.40. The second kappa shape index (κ2) is 6.78. The number of halogens is 1. The smallest absolute Gasteiger partial charge is 0.437 e. The van der Waals surface area contributed by atoms with E-state index in [-0.39, 0.29) is 16.9 Å². The van der Waals surface area contributed by atoms with Gasteiger partial charge in [-0.2, -0.15) is 0 Å². The van der Waals surface area contributed by atoms with E-state index in [1.807, 2.05) is 18.5 Å². The number of carbonyl (C=O) groups is 1. The Morgan fingerprint density at radius 2 is 1.97 bits per heavy atom. The summed E-state index contributed by atoms with van der Waals surface area (Å²) < 4.78 is 17.7. The lowest BCUT2D eigenvalue weighted by Gasteiger charge is -2.57. The summed E-state index contributed by atoms with van der Waals surface area (Å²) in [7, 11) is 0. The van der Waals surface area contributed by atoms with Gasteiger partial charge in [-0.05, 0) is 84.3 Å². The molecule has 3 nitrogen and oxygen atoms in total. The maximum absolute atomic E-state index is 12.7. The quantitative estimate of drug-likeness (QED) is 0.423.